The van der Waals surface area contributed by atoms with E-state index in [9.17, 15) is 4.79 Å². The van der Waals surface area contributed by atoms with E-state index >= 15 is 0 Å². The van der Waals surface area contributed by atoms with Crippen molar-refractivity contribution < 1.29 is 49.7 Å². The molecule has 0 fully saturated rings. The van der Waals surface area contributed by atoms with Gasteiger partial charge in [0.1, 0.15) is 5.75 Å². The standard InChI is InChI=1S/C15H14O3.Na.H2O/c1-10-9-11(15(16)17)7-8-12(10)13-5-3-4-6-14(13)18-2;;/h3-9H,1-2H3,(H,16,17);;1H2/q;+1;/p-1. The minimum atomic E-state index is -0.912. The number of aromatic carboxylic acids is 1. The summed E-state index contributed by atoms with van der Waals surface area (Å²) >= 11 is 0. The van der Waals surface area contributed by atoms with E-state index in [-0.39, 0.29) is 35.0 Å². The van der Waals surface area contributed by atoms with Crippen LogP contribution in [0.2, 0.25) is 0 Å². The number of carboxylic acid groups (broad SMARTS) is 1. The molecule has 20 heavy (non-hydrogen) atoms. The fraction of sp³-hybridized carbons (Fsp3) is 0.133. The first-order valence-electron chi connectivity index (χ1n) is 5.61. The molecule has 0 saturated carbocycles. The van der Waals surface area contributed by atoms with E-state index in [2.05, 4.69) is 0 Å². The Kier molecular flexibility index (Phi) is 7.53. The summed E-state index contributed by atoms with van der Waals surface area (Å²) in [6.07, 6.45) is 0. The molecular weight excluding hydrogens is 267 g/mol. The van der Waals surface area contributed by atoms with Gasteiger partial charge in [-0.3, -0.25) is 0 Å². The van der Waals surface area contributed by atoms with Crippen molar-refractivity contribution in [3.8, 4) is 16.9 Å². The summed E-state index contributed by atoms with van der Waals surface area (Å²) in [6, 6.07) is 12.8. The van der Waals surface area contributed by atoms with Gasteiger partial charge in [0.25, 0.3) is 0 Å². The average molecular weight is 282 g/mol. The van der Waals surface area contributed by atoms with E-state index in [1.54, 1.807) is 19.2 Å². The van der Waals surface area contributed by atoms with Gasteiger partial charge in [-0.25, -0.2) is 4.79 Å². The number of hydrogen-bond acceptors (Lipinski definition) is 3. The number of carboxylic acids is 1. The second-order valence-electron chi connectivity index (χ2n) is 4.04. The molecule has 2 aromatic rings. The molecule has 0 heterocycles. The van der Waals surface area contributed by atoms with Crippen molar-refractivity contribution in [2.75, 3.05) is 7.11 Å². The summed E-state index contributed by atoms with van der Waals surface area (Å²) in [5.41, 5.74) is 3.16. The van der Waals surface area contributed by atoms with E-state index in [0.717, 1.165) is 22.4 Å². The molecule has 0 aliphatic carbocycles. The molecule has 2 rings (SSSR count). The number of para-hydroxylation sites is 1. The first-order chi connectivity index (χ1) is 8.63. The smallest absolute Gasteiger partial charge is 0.870 e. The molecule has 0 aliphatic rings. The van der Waals surface area contributed by atoms with Crippen molar-refractivity contribution in [2.45, 2.75) is 6.92 Å². The third-order valence-electron chi connectivity index (χ3n) is 2.87. The fourth-order valence-electron chi connectivity index (χ4n) is 1.97. The SMILES string of the molecule is COc1ccccc1-c1ccc(C(=O)O)cc1C.[Na+].[OH-]. The monoisotopic (exact) mass is 282 g/mol. The summed E-state index contributed by atoms with van der Waals surface area (Å²) in [4.78, 5) is 10.9. The van der Waals surface area contributed by atoms with E-state index in [1.807, 2.05) is 37.3 Å². The van der Waals surface area contributed by atoms with Crippen molar-refractivity contribution in [1.29, 1.82) is 0 Å². The molecule has 2 aromatic carbocycles. The maximum Gasteiger partial charge on any atom is 1.00 e. The third kappa shape index (κ3) is 3.84. The van der Waals surface area contributed by atoms with Crippen LogP contribution in [0.25, 0.3) is 11.1 Å². The molecule has 4 nitrogen and oxygen atoms in total. The zero-order valence-electron chi connectivity index (χ0n) is 11.8. The molecule has 0 saturated heterocycles. The van der Waals surface area contributed by atoms with Crippen LogP contribution >= 0.6 is 0 Å². The Balaban J connectivity index is 0.00000180. The summed E-state index contributed by atoms with van der Waals surface area (Å²) in [7, 11) is 1.62. The third-order valence-corrected chi connectivity index (χ3v) is 2.87. The zero-order valence-corrected chi connectivity index (χ0v) is 13.8. The number of hydrogen-bond donors (Lipinski definition) is 1. The van der Waals surface area contributed by atoms with Gasteiger partial charge in [0, 0.05) is 5.56 Å². The molecule has 2 N–H and O–H groups in total. The predicted molar refractivity (Wildman–Crippen MR) is 72.1 cm³/mol. The summed E-state index contributed by atoms with van der Waals surface area (Å²) < 4.78 is 5.32. The number of aryl methyl sites for hydroxylation is 1. The molecule has 100 valence electrons. The Morgan fingerprint density at radius 3 is 2.30 bits per heavy atom. The van der Waals surface area contributed by atoms with Gasteiger partial charge in [-0.15, -0.1) is 0 Å². The Bertz CT molecular complexity index is 596. The maximum atomic E-state index is 10.9. The Morgan fingerprint density at radius 1 is 1.10 bits per heavy atom. The fourth-order valence-corrected chi connectivity index (χ4v) is 1.97. The molecule has 0 aromatic heterocycles. The average Bonchev–Trinajstić information content (AvgIpc) is 2.38. The zero-order chi connectivity index (χ0) is 13.1. The van der Waals surface area contributed by atoms with Crippen LogP contribution in [0.5, 0.6) is 5.75 Å². The van der Waals surface area contributed by atoms with Gasteiger partial charge in [-0.1, -0.05) is 24.3 Å². The first kappa shape index (κ1) is 18.7. The second kappa shape index (κ2) is 8.07. The maximum absolute atomic E-state index is 10.9. The van der Waals surface area contributed by atoms with Crippen LogP contribution < -0.4 is 34.3 Å². The molecule has 0 radical (unpaired) electrons. The predicted octanol–water partition coefficient (Wildman–Crippen LogP) is 0.196. The van der Waals surface area contributed by atoms with Gasteiger partial charge in [-0.2, -0.15) is 0 Å². The van der Waals surface area contributed by atoms with Crippen molar-refractivity contribution in [3.05, 3.63) is 53.6 Å². The van der Waals surface area contributed by atoms with Gasteiger partial charge < -0.3 is 15.3 Å². The van der Waals surface area contributed by atoms with Crippen LogP contribution in [0.15, 0.2) is 42.5 Å². The van der Waals surface area contributed by atoms with Gasteiger partial charge in [-0.05, 0) is 36.2 Å². The molecule has 0 bridgehead atoms. The molecule has 0 unspecified atom stereocenters. The molecule has 0 spiro atoms. The summed E-state index contributed by atoms with van der Waals surface area (Å²) in [5, 5.41) is 8.95. The normalized spacial score (nSPS) is 9.10. The molecular formula is C15H15NaO4. The van der Waals surface area contributed by atoms with E-state index < -0.39 is 5.97 Å². The largest absolute Gasteiger partial charge is 1.00 e. The second-order valence-corrected chi connectivity index (χ2v) is 4.04. The molecule has 0 atom stereocenters. The Hall–Kier alpha value is -1.33. The van der Waals surface area contributed by atoms with Gasteiger partial charge in [0.05, 0.1) is 12.7 Å². The van der Waals surface area contributed by atoms with E-state index in [0.29, 0.717) is 5.56 Å². The summed E-state index contributed by atoms with van der Waals surface area (Å²) in [6.45, 7) is 1.90. The van der Waals surface area contributed by atoms with Crippen LogP contribution in [0, 0.1) is 6.92 Å². The van der Waals surface area contributed by atoms with Crippen molar-refractivity contribution in [1.82, 2.24) is 0 Å². The van der Waals surface area contributed by atoms with Crippen LogP contribution in [-0.2, 0) is 0 Å². The topological polar surface area (TPSA) is 76.5 Å². The summed E-state index contributed by atoms with van der Waals surface area (Å²) in [5.74, 6) is -0.131. The minimum Gasteiger partial charge on any atom is -0.870 e. The Labute approximate surface area is 140 Å². The number of rotatable bonds is 3. The number of benzene rings is 2. The number of carbonyl (C=O) groups is 1. The van der Waals surface area contributed by atoms with Gasteiger partial charge in [0.2, 0.25) is 0 Å². The van der Waals surface area contributed by atoms with Crippen LogP contribution in [0.3, 0.4) is 0 Å². The number of ether oxygens (including phenoxy) is 1. The molecule has 5 heteroatoms. The van der Waals surface area contributed by atoms with Crippen LogP contribution in [-0.4, -0.2) is 23.7 Å². The van der Waals surface area contributed by atoms with Gasteiger partial charge in [0.15, 0.2) is 0 Å². The first-order valence-corrected chi connectivity index (χ1v) is 5.61. The van der Waals surface area contributed by atoms with Crippen LogP contribution in [0.1, 0.15) is 15.9 Å². The van der Waals surface area contributed by atoms with Crippen molar-refractivity contribution in [2.24, 2.45) is 0 Å². The van der Waals surface area contributed by atoms with Crippen molar-refractivity contribution >= 4 is 5.97 Å². The van der Waals surface area contributed by atoms with E-state index in [1.165, 1.54) is 0 Å². The van der Waals surface area contributed by atoms with Crippen molar-refractivity contribution in [3.63, 3.8) is 0 Å². The Morgan fingerprint density at radius 2 is 1.75 bits per heavy atom. The van der Waals surface area contributed by atoms with E-state index in [4.69, 9.17) is 9.84 Å². The van der Waals surface area contributed by atoms with Crippen LogP contribution in [0.4, 0.5) is 0 Å². The molecule has 0 aliphatic heterocycles. The quantitative estimate of drug-likeness (QED) is 0.816. The number of methoxy groups -OCH3 is 1. The minimum absolute atomic E-state index is 0. The van der Waals surface area contributed by atoms with Gasteiger partial charge >= 0.3 is 35.5 Å². The molecule has 0 amide bonds.